The van der Waals surface area contributed by atoms with Crippen molar-refractivity contribution in [3.63, 3.8) is 0 Å². The van der Waals surface area contributed by atoms with E-state index in [1.54, 1.807) is 7.05 Å². The third-order valence-electron chi connectivity index (χ3n) is 4.16. The van der Waals surface area contributed by atoms with Crippen LogP contribution < -0.4 is 10.6 Å². The smallest absolute Gasteiger partial charge is 0.191 e. The summed E-state index contributed by atoms with van der Waals surface area (Å²) in [5.74, 6) is 2.32. The summed E-state index contributed by atoms with van der Waals surface area (Å²) in [6, 6.07) is 15.9. The van der Waals surface area contributed by atoms with Crippen LogP contribution >= 0.6 is 0 Å². The van der Waals surface area contributed by atoms with Gasteiger partial charge >= 0.3 is 0 Å². The molecule has 4 rings (SSSR count). The van der Waals surface area contributed by atoms with Gasteiger partial charge in [0.2, 0.25) is 0 Å². The molecule has 0 atom stereocenters. The highest BCUT2D eigenvalue weighted by Crippen LogP contribution is 2.15. The molecule has 4 aromatic rings. The fourth-order valence-corrected chi connectivity index (χ4v) is 2.78. The molecule has 0 fully saturated rings. The number of H-pyrrole nitrogens is 1. The normalized spacial score (nSPS) is 11.7. The maximum atomic E-state index is 4.42. The molecule has 3 heterocycles. The number of pyridine rings is 1. The molecule has 1 aromatic carbocycles. The van der Waals surface area contributed by atoms with Crippen molar-refractivity contribution < 1.29 is 0 Å². The number of hydrogen-bond acceptors (Lipinski definition) is 4. The maximum absolute atomic E-state index is 4.42. The molecule has 0 amide bonds. The summed E-state index contributed by atoms with van der Waals surface area (Å²) in [7, 11) is 1.73. The number of rotatable bonds is 5. The fourth-order valence-electron chi connectivity index (χ4n) is 2.78. The van der Waals surface area contributed by atoms with Gasteiger partial charge in [0.05, 0.1) is 25.0 Å². The summed E-state index contributed by atoms with van der Waals surface area (Å²) in [4.78, 5) is 12.0. The third kappa shape index (κ3) is 3.79. The molecule has 0 aliphatic rings. The van der Waals surface area contributed by atoms with Crippen molar-refractivity contribution in [2.45, 2.75) is 13.1 Å². The average Bonchev–Trinajstić information content (AvgIpc) is 3.36. The molecule has 3 N–H and O–H groups in total. The Bertz CT molecular complexity index is 1050. The summed E-state index contributed by atoms with van der Waals surface area (Å²) < 4.78 is 1.94. The summed E-state index contributed by atoms with van der Waals surface area (Å²) in [5.41, 5.74) is 2.92. The van der Waals surface area contributed by atoms with Gasteiger partial charge in [0.25, 0.3) is 0 Å². The van der Waals surface area contributed by atoms with E-state index in [1.807, 2.05) is 65.3 Å². The first-order valence-electron chi connectivity index (χ1n) is 8.66. The quantitative estimate of drug-likeness (QED) is 0.374. The lowest BCUT2D eigenvalue weighted by Gasteiger charge is -2.10. The first kappa shape index (κ1) is 16.8. The lowest BCUT2D eigenvalue weighted by molar-refractivity contribution is 0.750. The van der Waals surface area contributed by atoms with Crippen LogP contribution in [0.4, 0.5) is 0 Å². The van der Waals surface area contributed by atoms with E-state index < -0.39 is 0 Å². The number of nitrogens with zero attached hydrogens (tertiary/aromatic N) is 5. The first-order chi connectivity index (χ1) is 13.3. The van der Waals surface area contributed by atoms with E-state index in [0.717, 1.165) is 28.6 Å². The molecule has 27 heavy (non-hydrogen) atoms. The van der Waals surface area contributed by atoms with Crippen molar-refractivity contribution in [1.29, 1.82) is 0 Å². The van der Waals surface area contributed by atoms with Crippen molar-refractivity contribution in [3.05, 3.63) is 72.6 Å². The van der Waals surface area contributed by atoms with E-state index in [9.17, 15) is 0 Å². The molecule has 0 spiro atoms. The van der Waals surface area contributed by atoms with Gasteiger partial charge in [-0.2, -0.15) is 0 Å². The molecule has 8 heteroatoms. The van der Waals surface area contributed by atoms with Crippen LogP contribution in [0.5, 0.6) is 0 Å². The second-order valence-corrected chi connectivity index (χ2v) is 5.93. The average molecular weight is 360 g/mol. The summed E-state index contributed by atoms with van der Waals surface area (Å²) in [5, 5.41) is 14.8. The van der Waals surface area contributed by atoms with E-state index in [2.05, 4.69) is 35.8 Å². The molecule has 0 aliphatic carbocycles. The van der Waals surface area contributed by atoms with Crippen LogP contribution in [-0.2, 0) is 13.1 Å². The number of aliphatic imine (C=N–C) groups is 1. The summed E-state index contributed by atoms with van der Waals surface area (Å²) in [6.07, 6.45) is 3.78. The predicted octanol–water partition coefficient (Wildman–Crippen LogP) is 1.98. The highest BCUT2D eigenvalue weighted by molar-refractivity contribution is 5.79. The maximum Gasteiger partial charge on any atom is 0.191 e. The highest BCUT2D eigenvalue weighted by atomic mass is 15.3. The number of nitrogens with one attached hydrogen (secondary N) is 3. The summed E-state index contributed by atoms with van der Waals surface area (Å²) in [6.45, 7) is 1.05. The van der Waals surface area contributed by atoms with Gasteiger partial charge in [-0.3, -0.25) is 9.39 Å². The van der Waals surface area contributed by atoms with Gasteiger partial charge in [0.1, 0.15) is 5.82 Å². The molecule has 8 nitrogen and oxygen atoms in total. The minimum absolute atomic E-state index is 0.512. The Labute approximate surface area is 156 Å². The number of aromatic nitrogens is 5. The van der Waals surface area contributed by atoms with Crippen LogP contribution in [0.1, 0.15) is 11.6 Å². The minimum Gasteiger partial charge on any atom is -0.349 e. The molecule has 0 radical (unpaired) electrons. The van der Waals surface area contributed by atoms with Crippen LogP contribution in [0.25, 0.3) is 16.9 Å². The zero-order chi connectivity index (χ0) is 18.5. The van der Waals surface area contributed by atoms with Crippen molar-refractivity contribution in [2.75, 3.05) is 7.05 Å². The number of imidazole rings is 1. The molecule has 3 aromatic heterocycles. The Morgan fingerprint density at radius 1 is 1.04 bits per heavy atom. The van der Waals surface area contributed by atoms with Crippen molar-refractivity contribution in [2.24, 2.45) is 4.99 Å². The zero-order valence-electron chi connectivity index (χ0n) is 14.9. The number of hydrogen-bond donors (Lipinski definition) is 3. The largest absolute Gasteiger partial charge is 0.349 e. The number of benzene rings is 1. The lowest BCUT2D eigenvalue weighted by atomic mass is 10.2. The molecular weight excluding hydrogens is 340 g/mol. The Morgan fingerprint density at radius 3 is 2.70 bits per heavy atom. The Balaban J connectivity index is 1.35. The van der Waals surface area contributed by atoms with Gasteiger partial charge in [-0.15, -0.1) is 10.2 Å². The number of aromatic amines is 1. The van der Waals surface area contributed by atoms with Gasteiger partial charge < -0.3 is 15.6 Å². The van der Waals surface area contributed by atoms with Gasteiger partial charge in [0, 0.05) is 13.2 Å². The van der Waals surface area contributed by atoms with Gasteiger partial charge in [-0.25, -0.2) is 4.98 Å². The van der Waals surface area contributed by atoms with E-state index >= 15 is 0 Å². The predicted molar refractivity (Wildman–Crippen MR) is 104 cm³/mol. The van der Waals surface area contributed by atoms with Gasteiger partial charge in [-0.05, 0) is 17.7 Å². The van der Waals surface area contributed by atoms with Crippen molar-refractivity contribution >= 4 is 11.6 Å². The van der Waals surface area contributed by atoms with E-state index in [1.165, 1.54) is 0 Å². The summed E-state index contributed by atoms with van der Waals surface area (Å²) >= 11 is 0. The molecule has 0 bridgehead atoms. The van der Waals surface area contributed by atoms with Crippen LogP contribution in [0.15, 0.2) is 65.9 Å². The molecule has 0 saturated carbocycles. The van der Waals surface area contributed by atoms with Crippen molar-refractivity contribution in [3.8, 4) is 11.3 Å². The fraction of sp³-hybridized carbons (Fsp3) is 0.158. The van der Waals surface area contributed by atoms with E-state index in [4.69, 9.17) is 0 Å². The standard InChI is InChI=1S/C19H20N8/c1-20-19(23-13-18-26-25-17-9-5-6-10-27(17)18)22-12-16-21-11-15(24-16)14-7-3-2-4-8-14/h2-11H,12-13H2,1H3,(H,21,24)(H2,20,22,23). The minimum atomic E-state index is 0.512. The van der Waals surface area contributed by atoms with Crippen molar-refractivity contribution in [1.82, 2.24) is 35.2 Å². The second-order valence-electron chi connectivity index (χ2n) is 5.93. The number of guanidine groups is 1. The Hall–Kier alpha value is -3.68. The van der Waals surface area contributed by atoms with Crippen LogP contribution in [0.3, 0.4) is 0 Å². The topological polar surface area (TPSA) is 95.3 Å². The van der Waals surface area contributed by atoms with Gasteiger partial charge in [-0.1, -0.05) is 36.4 Å². The first-order valence-corrected chi connectivity index (χ1v) is 8.66. The highest BCUT2D eigenvalue weighted by Gasteiger charge is 2.07. The Kier molecular flexibility index (Phi) is 4.78. The lowest BCUT2D eigenvalue weighted by Crippen LogP contribution is -2.37. The third-order valence-corrected chi connectivity index (χ3v) is 4.16. The van der Waals surface area contributed by atoms with Crippen LogP contribution in [-0.4, -0.2) is 37.6 Å². The monoisotopic (exact) mass is 360 g/mol. The van der Waals surface area contributed by atoms with Gasteiger partial charge in [0.15, 0.2) is 17.4 Å². The molecule has 0 saturated heterocycles. The van der Waals surface area contributed by atoms with Crippen LogP contribution in [0.2, 0.25) is 0 Å². The van der Waals surface area contributed by atoms with E-state index in [-0.39, 0.29) is 0 Å². The second kappa shape index (κ2) is 7.69. The Morgan fingerprint density at radius 2 is 1.85 bits per heavy atom. The molecule has 0 unspecified atom stereocenters. The van der Waals surface area contributed by atoms with E-state index in [0.29, 0.717) is 19.0 Å². The molecule has 0 aliphatic heterocycles. The number of fused-ring (bicyclic) bond motifs is 1. The zero-order valence-corrected chi connectivity index (χ0v) is 14.9. The molecule has 136 valence electrons. The van der Waals surface area contributed by atoms with Crippen LogP contribution in [0, 0.1) is 0 Å². The molecular formula is C19H20N8. The SMILES string of the molecule is CN=C(NCc1ncc(-c2ccccc2)[nH]1)NCc1nnc2ccccn12.